The van der Waals surface area contributed by atoms with Crippen LogP contribution in [-0.4, -0.2) is 38.7 Å². The Morgan fingerprint density at radius 1 is 1.28 bits per heavy atom. The summed E-state index contributed by atoms with van der Waals surface area (Å²) in [6.45, 7) is 8.16. The van der Waals surface area contributed by atoms with Gasteiger partial charge in [-0.2, -0.15) is 5.10 Å². The van der Waals surface area contributed by atoms with Crippen LogP contribution >= 0.6 is 0 Å². The Hall–Kier alpha value is -2.90. The number of aryl methyl sites for hydroxylation is 1. The van der Waals surface area contributed by atoms with Crippen LogP contribution in [-0.2, 0) is 17.9 Å². The second-order valence-corrected chi connectivity index (χ2v) is 5.70. The van der Waals surface area contributed by atoms with Crippen molar-refractivity contribution >= 4 is 22.8 Å². The van der Waals surface area contributed by atoms with E-state index in [4.69, 9.17) is 4.42 Å². The number of carbonyl (C=O) groups excluding carboxylic acids is 1. The van der Waals surface area contributed by atoms with E-state index in [9.17, 15) is 4.79 Å². The summed E-state index contributed by atoms with van der Waals surface area (Å²) in [6.07, 6.45) is 3.23. The summed E-state index contributed by atoms with van der Waals surface area (Å²) >= 11 is 0. The summed E-state index contributed by atoms with van der Waals surface area (Å²) in [5.41, 5.74) is 0.654. The highest BCUT2D eigenvalue weighted by molar-refractivity contribution is 5.87. The average molecular weight is 342 g/mol. The topological polar surface area (TPSA) is 89.1 Å². The second-order valence-electron chi connectivity index (χ2n) is 5.70. The summed E-state index contributed by atoms with van der Waals surface area (Å²) in [7, 11) is 0. The van der Waals surface area contributed by atoms with Gasteiger partial charge in [-0.15, -0.1) is 0 Å². The molecule has 132 valence electrons. The fourth-order valence-corrected chi connectivity index (χ4v) is 2.73. The van der Waals surface area contributed by atoms with Crippen LogP contribution in [0.1, 0.15) is 25.4 Å². The molecule has 0 aliphatic carbocycles. The van der Waals surface area contributed by atoms with E-state index < -0.39 is 0 Å². The summed E-state index contributed by atoms with van der Waals surface area (Å²) in [5.74, 6) is 2.24. The van der Waals surface area contributed by atoms with Gasteiger partial charge in [0.05, 0.1) is 18.1 Å². The number of carbonyl (C=O) groups is 1. The zero-order chi connectivity index (χ0) is 17.8. The molecule has 1 amide bonds. The molecule has 0 radical (unpaired) electrons. The molecule has 0 aliphatic rings. The Labute approximate surface area is 145 Å². The number of hydrogen-bond acceptors (Lipinski definition) is 6. The van der Waals surface area contributed by atoms with Gasteiger partial charge in [0.15, 0.2) is 5.65 Å². The number of hydrogen-bond donors (Lipinski definition) is 1. The van der Waals surface area contributed by atoms with Gasteiger partial charge in [-0.25, -0.2) is 14.6 Å². The second kappa shape index (κ2) is 7.33. The summed E-state index contributed by atoms with van der Waals surface area (Å²) in [5, 5.41) is 7.98. The molecular formula is C17H22N6O2. The van der Waals surface area contributed by atoms with E-state index in [1.54, 1.807) is 10.9 Å². The molecule has 3 aromatic heterocycles. The molecule has 0 spiro atoms. The van der Waals surface area contributed by atoms with Crippen LogP contribution in [0.5, 0.6) is 0 Å². The van der Waals surface area contributed by atoms with Crippen molar-refractivity contribution < 1.29 is 9.21 Å². The third-order valence-electron chi connectivity index (χ3n) is 4.02. The molecule has 0 saturated heterocycles. The van der Waals surface area contributed by atoms with Crippen LogP contribution < -0.4 is 10.2 Å². The van der Waals surface area contributed by atoms with Crippen LogP contribution in [0.15, 0.2) is 29.1 Å². The van der Waals surface area contributed by atoms with Gasteiger partial charge < -0.3 is 14.6 Å². The van der Waals surface area contributed by atoms with Gasteiger partial charge >= 0.3 is 0 Å². The van der Waals surface area contributed by atoms with E-state index in [1.807, 2.05) is 19.1 Å². The van der Waals surface area contributed by atoms with Crippen molar-refractivity contribution in [1.82, 2.24) is 25.1 Å². The van der Waals surface area contributed by atoms with Crippen molar-refractivity contribution in [2.75, 3.05) is 18.0 Å². The van der Waals surface area contributed by atoms with E-state index in [-0.39, 0.29) is 12.5 Å². The summed E-state index contributed by atoms with van der Waals surface area (Å²) < 4.78 is 7.03. The minimum atomic E-state index is -0.151. The normalized spacial score (nSPS) is 11.0. The number of amides is 1. The van der Waals surface area contributed by atoms with Crippen molar-refractivity contribution in [3.8, 4) is 0 Å². The monoisotopic (exact) mass is 342 g/mol. The van der Waals surface area contributed by atoms with Crippen molar-refractivity contribution in [3.05, 3.63) is 36.2 Å². The largest absolute Gasteiger partial charge is 0.465 e. The highest BCUT2D eigenvalue weighted by atomic mass is 16.3. The van der Waals surface area contributed by atoms with Gasteiger partial charge in [0.25, 0.3) is 0 Å². The Kier molecular flexibility index (Phi) is 4.97. The molecule has 0 atom stereocenters. The van der Waals surface area contributed by atoms with E-state index >= 15 is 0 Å². The Bertz CT molecular complexity index is 865. The summed E-state index contributed by atoms with van der Waals surface area (Å²) in [4.78, 5) is 23.0. The number of nitrogens with one attached hydrogen (secondary N) is 1. The number of fused-ring (bicyclic) bond motifs is 1. The lowest BCUT2D eigenvalue weighted by Crippen LogP contribution is -2.27. The predicted octanol–water partition coefficient (Wildman–Crippen LogP) is 1.89. The molecule has 0 saturated carbocycles. The Morgan fingerprint density at radius 2 is 2.08 bits per heavy atom. The van der Waals surface area contributed by atoms with Crippen molar-refractivity contribution in [3.63, 3.8) is 0 Å². The van der Waals surface area contributed by atoms with Crippen LogP contribution in [0.4, 0.5) is 5.82 Å². The minimum Gasteiger partial charge on any atom is -0.465 e. The number of furan rings is 1. The fourth-order valence-electron chi connectivity index (χ4n) is 2.73. The van der Waals surface area contributed by atoms with Gasteiger partial charge in [-0.05, 0) is 32.9 Å². The van der Waals surface area contributed by atoms with Gasteiger partial charge in [-0.1, -0.05) is 0 Å². The van der Waals surface area contributed by atoms with Gasteiger partial charge in [-0.3, -0.25) is 4.79 Å². The molecule has 8 nitrogen and oxygen atoms in total. The molecule has 1 N–H and O–H groups in total. The average Bonchev–Trinajstić information content (AvgIpc) is 3.21. The van der Waals surface area contributed by atoms with Crippen LogP contribution in [0.2, 0.25) is 0 Å². The van der Waals surface area contributed by atoms with E-state index in [0.717, 1.165) is 35.8 Å². The predicted molar refractivity (Wildman–Crippen MR) is 94.2 cm³/mol. The SMILES string of the molecule is CCN(CC)c1ncnc2c1cnn2CC(=O)NCc1ccc(C)o1. The molecule has 3 rings (SSSR count). The molecule has 0 bridgehead atoms. The van der Waals surface area contributed by atoms with E-state index in [1.165, 1.54) is 6.33 Å². The molecular weight excluding hydrogens is 320 g/mol. The van der Waals surface area contributed by atoms with Gasteiger partial charge in [0, 0.05) is 13.1 Å². The lowest BCUT2D eigenvalue weighted by atomic mass is 10.3. The quantitative estimate of drug-likeness (QED) is 0.705. The summed E-state index contributed by atoms with van der Waals surface area (Å²) in [6, 6.07) is 3.72. The Balaban J connectivity index is 1.73. The molecule has 8 heteroatoms. The molecule has 0 aromatic carbocycles. The number of aromatic nitrogens is 4. The third-order valence-corrected chi connectivity index (χ3v) is 4.02. The first kappa shape index (κ1) is 16.9. The smallest absolute Gasteiger partial charge is 0.242 e. The van der Waals surface area contributed by atoms with Crippen LogP contribution in [0.25, 0.3) is 11.0 Å². The standard InChI is InChI=1S/C17H22N6O2/c1-4-22(5-2)16-14-9-21-23(17(14)20-11-19-16)10-15(24)18-8-13-7-6-12(3)25-13/h6-7,9,11H,4-5,8,10H2,1-3H3,(H,18,24). The molecule has 0 aliphatic heterocycles. The van der Waals surface area contributed by atoms with Crippen molar-refractivity contribution in [2.45, 2.75) is 33.9 Å². The third kappa shape index (κ3) is 3.62. The Morgan fingerprint density at radius 3 is 2.76 bits per heavy atom. The first-order valence-corrected chi connectivity index (χ1v) is 8.35. The zero-order valence-electron chi connectivity index (χ0n) is 14.7. The molecule has 3 heterocycles. The number of anilines is 1. The van der Waals surface area contributed by atoms with E-state index in [0.29, 0.717) is 12.2 Å². The number of nitrogens with zero attached hydrogens (tertiary/aromatic N) is 5. The minimum absolute atomic E-state index is 0.0951. The number of rotatable bonds is 7. The van der Waals surface area contributed by atoms with E-state index in [2.05, 4.69) is 39.1 Å². The van der Waals surface area contributed by atoms with Crippen molar-refractivity contribution in [1.29, 1.82) is 0 Å². The van der Waals surface area contributed by atoms with Crippen LogP contribution in [0, 0.1) is 6.92 Å². The lowest BCUT2D eigenvalue weighted by Gasteiger charge is -2.19. The highest BCUT2D eigenvalue weighted by Crippen LogP contribution is 2.22. The molecule has 3 aromatic rings. The molecule has 0 unspecified atom stereocenters. The molecule has 0 fully saturated rings. The van der Waals surface area contributed by atoms with Crippen molar-refractivity contribution in [2.24, 2.45) is 0 Å². The van der Waals surface area contributed by atoms with Gasteiger partial charge in [0.1, 0.15) is 30.2 Å². The molecule has 25 heavy (non-hydrogen) atoms. The fraction of sp³-hybridized carbons (Fsp3) is 0.412. The maximum absolute atomic E-state index is 12.2. The maximum atomic E-state index is 12.2. The maximum Gasteiger partial charge on any atom is 0.242 e. The first-order chi connectivity index (χ1) is 12.1. The zero-order valence-corrected chi connectivity index (χ0v) is 14.7. The van der Waals surface area contributed by atoms with Crippen LogP contribution in [0.3, 0.4) is 0 Å². The first-order valence-electron chi connectivity index (χ1n) is 8.35. The highest BCUT2D eigenvalue weighted by Gasteiger charge is 2.15. The van der Waals surface area contributed by atoms with Gasteiger partial charge in [0.2, 0.25) is 5.91 Å². The lowest BCUT2D eigenvalue weighted by molar-refractivity contribution is -0.122.